The van der Waals surface area contributed by atoms with Crippen LogP contribution < -0.4 is 0 Å². The van der Waals surface area contributed by atoms with E-state index in [1.807, 2.05) is 42.5 Å². The number of hydrogen-bond acceptors (Lipinski definition) is 0. The van der Waals surface area contributed by atoms with Crippen molar-refractivity contribution in [2.75, 3.05) is 0 Å². The summed E-state index contributed by atoms with van der Waals surface area (Å²) >= 11 is 0. The van der Waals surface area contributed by atoms with Crippen LogP contribution >= 0.6 is 12.4 Å². The molecule has 0 N–H and O–H groups in total. The third-order valence-electron chi connectivity index (χ3n) is 1.19. The maximum Gasteiger partial charge on any atom is 0 e. The summed E-state index contributed by atoms with van der Waals surface area (Å²) in [5.41, 5.74) is 0. The van der Waals surface area contributed by atoms with E-state index in [1.165, 1.54) is 0 Å². The van der Waals surface area contributed by atoms with Gasteiger partial charge in [0.15, 0.2) is 0 Å². The zero-order chi connectivity index (χ0) is 7.78. The first-order valence-electron chi connectivity index (χ1n) is 3.63. The van der Waals surface area contributed by atoms with Crippen molar-refractivity contribution < 1.29 is 25.8 Å². The van der Waals surface area contributed by atoms with Gasteiger partial charge in [0, 0.05) is 25.8 Å². The molecule has 0 heterocycles. The molecule has 0 aliphatic heterocycles. The molecule has 68 valence electrons. The number of benzene rings is 1. The van der Waals surface area contributed by atoms with Crippen LogP contribution in [0.4, 0.5) is 0 Å². The molecule has 13 heavy (non-hydrogen) atoms. The summed E-state index contributed by atoms with van der Waals surface area (Å²) in [4.78, 5) is 0. The monoisotopic (exact) mass is 358 g/mol. The molecule has 1 aliphatic carbocycles. The molecule has 1 aromatic carbocycles. The molecular weight excluding hydrogens is 346 g/mol. The van der Waals surface area contributed by atoms with Crippen molar-refractivity contribution in [3.63, 3.8) is 0 Å². The van der Waals surface area contributed by atoms with Gasteiger partial charge in [-0.3, -0.25) is 6.08 Å². The van der Waals surface area contributed by atoms with Gasteiger partial charge in [0.25, 0.3) is 0 Å². The van der Waals surface area contributed by atoms with Crippen LogP contribution in [-0.4, -0.2) is 0 Å². The summed E-state index contributed by atoms with van der Waals surface area (Å²) in [6.07, 6.45) is 10.0. The molecule has 0 saturated heterocycles. The molecule has 0 nitrogen and oxygen atoms in total. The van der Waals surface area contributed by atoms with E-state index in [0.717, 1.165) is 6.42 Å². The molecule has 1 aromatic rings. The molecule has 0 fully saturated rings. The van der Waals surface area contributed by atoms with Gasteiger partial charge in [-0.2, -0.15) is 42.5 Å². The molecule has 0 radical (unpaired) electrons. The normalized spacial score (nSPS) is 10.5. The second-order valence-electron chi connectivity index (χ2n) is 2.08. The molecule has 0 aromatic heterocycles. The van der Waals surface area contributed by atoms with Crippen LogP contribution in [-0.2, 0) is 25.8 Å². The minimum Gasteiger partial charge on any atom is -0.273 e. The maximum atomic E-state index is 2.99. The number of hydrogen-bond donors (Lipinski definition) is 0. The Balaban J connectivity index is 0. The third-order valence-corrected chi connectivity index (χ3v) is 1.19. The SMILES string of the molecule is Cl.[C-]1=CC=CC1.[Hf].[c-]1ccccc1. The fraction of sp³-hybridized carbons (Fsp3) is 0.0909. The molecular formula is C11H11ClHf-2. The molecule has 0 unspecified atom stereocenters. The van der Waals surface area contributed by atoms with Crippen molar-refractivity contribution in [3.05, 3.63) is 60.7 Å². The maximum absolute atomic E-state index is 2.99. The van der Waals surface area contributed by atoms with Crippen molar-refractivity contribution in [3.8, 4) is 0 Å². The summed E-state index contributed by atoms with van der Waals surface area (Å²) < 4.78 is 0. The third kappa shape index (κ3) is 9.78. The number of allylic oxidation sites excluding steroid dienone is 4. The van der Waals surface area contributed by atoms with Gasteiger partial charge in [-0.25, -0.2) is 12.2 Å². The van der Waals surface area contributed by atoms with Crippen LogP contribution in [0.25, 0.3) is 0 Å². The van der Waals surface area contributed by atoms with E-state index in [2.05, 4.69) is 18.2 Å². The van der Waals surface area contributed by atoms with Gasteiger partial charge in [-0.1, -0.05) is 0 Å². The van der Waals surface area contributed by atoms with Crippen molar-refractivity contribution in [1.29, 1.82) is 0 Å². The summed E-state index contributed by atoms with van der Waals surface area (Å²) in [6, 6.07) is 12.5. The van der Waals surface area contributed by atoms with E-state index < -0.39 is 0 Å². The standard InChI is InChI=1S/C6H5.C5H5.ClH.Hf/c1-2-4-6-5-3-1;1-2-4-5-3-1;;/h1-5H;1-3H,4H2;1H;/q2*-1;;. The minimum absolute atomic E-state index is 0. The smallest absolute Gasteiger partial charge is 0 e. The Morgan fingerprint density at radius 2 is 1.69 bits per heavy atom. The van der Waals surface area contributed by atoms with E-state index in [1.54, 1.807) is 0 Å². The quantitative estimate of drug-likeness (QED) is 0.494. The average Bonchev–Trinajstić information content (AvgIpc) is 2.64. The van der Waals surface area contributed by atoms with Gasteiger partial charge in [0.1, 0.15) is 0 Å². The van der Waals surface area contributed by atoms with Crippen molar-refractivity contribution >= 4 is 12.4 Å². The Morgan fingerprint density at radius 3 is 1.85 bits per heavy atom. The summed E-state index contributed by atoms with van der Waals surface area (Å²) in [6.45, 7) is 0. The summed E-state index contributed by atoms with van der Waals surface area (Å²) in [7, 11) is 0. The molecule has 0 atom stereocenters. The predicted octanol–water partition coefficient (Wildman–Crippen LogP) is 3.21. The first-order valence-corrected chi connectivity index (χ1v) is 3.63. The average molecular weight is 357 g/mol. The Morgan fingerprint density at radius 1 is 1.00 bits per heavy atom. The van der Waals surface area contributed by atoms with Crippen LogP contribution in [0.2, 0.25) is 0 Å². The largest absolute Gasteiger partial charge is 0.273 e. The van der Waals surface area contributed by atoms with E-state index in [-0.39, 0.29) is 38.3 Å². The first-order chi connectivity index (χ1) is 5.50. The van der Waals surface area contributed by atoms with E-state index in [9.17, 15) is 0 Å². The minimum atomic E-state index is 0. The molecule has 1 aliphatic rings. The second kappa shape index (κ2) is 11.9. The van der Waals surface area contributed by atoms with Crippen LogP contribution in [0.5, 0.6) is 0 Å². The molecule has 0 amide bonds. The summed E-state index contributed by atoms with van der Waals surface area (Å²) in [5, 5.41) is 0. The number of rotatable bonds is 0. The van der Waals surface area contributed by atoms with Gasteiger partial charge >= 0.3 is 0 Å². The van der Waals surface area contributed by atoms with Crippen LogP contribution in [0.3, 0.4) is 0 Å². The topological polar surface area (TPSA) is 0 Å². The fourth-order valence-electron chi connectivity index (χ4n) is 0.682. The van der Waals surface area contributed by atoms with Crippen LogP contribution in [0.15, 0.2) is 48.6 Å². The van der Waals surface area contributed by atoms with E-state index in [4.69, 9.17) is 0 Å². The van der Waals surface area contributed by atoms with Crippen LogP contribution in [0, 0.1) is 12.1 Å². The van der Waals surface area contributed by atoms with Gasteiger partial charge < -0.3 is 0 Å². The first kappa shape index (κ1) is 15.3. The Kier molecular flexibility index (Phi) is 14.0. The zero-order valence-corrected chi connectivity index (χ0v) is 11.6. The van der Waals surface area contributed by atoms with Crippen molar-refractivity contribution in [2.45, 2.75) is 6.42 Å². The van der Waals surface area contributed by atoms with Crippen LogP contribution in [0.1, 0.15) is 6.42 Å². The summed E-state index contributed by atoms with van der Waals surface area (Å²) in [5.74, 6) is 0. The Bertz CT molecular complexity index is 192. The van der Waals surface area contributed by atoms with Crippen molar-refractivity contribution in [2.24, 2.45) is 0 Å². The van der Waals surface area contributed by atoms with Gasteiger partial charge in [0.2, 0.25) is 0 Å². The zero-order valence-electron chi connectivity index (χ0n) is 7.23. The van der Waals surface area contributed by atoms with E-state index >= 15 is 0 Å². The van der Waals surface area contributed by atoms with E-state index in [0.29, 0.717) is 0 Å². The second-order valence-corrected chi connectivity index (χ2v) is 2.08. The van der Waals surface area contributed by atoms with Gasteiger partial charge in [-0.15, -0.1) is 18.8 Å². The van der Waals surface area contributed by atoms with Crippen molar-refractivity contribution in [1.82, 2.24) is 0 Å². The fourth-order valence-corrected chi connectivity index (χ4v) is 0.682. The predicted molar refractivity (Wildman–Crippen MR) is 54.1 cm³/mol. The Labute approximate surface area is 105 Å². The molecule has 0 spiro atoms. The molecule has 2 heteroatoms. The number of halogens is 1. The van der Waals surface area contributed by atoms with Gasteiger partial charge in [0.05, 0.1) is 0 Å². The molecule has 0 bridgehead atoms. The molecule has 0 saturated carbocycles. The van der Waals surface area contributed by atoms with Gasteiger partial charge in [-0.05, 0) is 0 Å². The molecule has 2 rings (SSSR count). The Hall–Kier alpha value is -0.140.